The number of aryl methyl sites for hydroxylation is 1. The molecule has 1 aromatic carbocycles. The van der Waals surface area contributed by atoms with Crippen LogP contribution in [0.15, 0.2) is 24.3 Å². The summed E-state index contributed by atoms with van der Waals surface area (Å²) in [5.41, 5.74) is 0.790. The number of aromatic nitrogens is 1. The first-order valence-corrected chi connectivity index (χ1v) is 9.36. The molecule has 0 spiro atoms. The molecule has 0 bridgehead atoms. The maximum atomic E-state index is 12.7. The van der Waals surface area contributed by atoms with Gasteiger partial charge in [-0.25, -0.2) is 4.98 Å². The molecule has 0 aliphatic carbocycles. The van der Waals surface area contributed by atoms with E-state index in [2.05, 4.69) is 11.9 Å². The number of nitrogens with zero attached hydrogens (tertiary/aromatic N) is 2. The summed E-state index contributed by atoms with van der Waals surface area (Å²) in [6.45, 7) is 6.13. The van der Waals surface area contributed by atoms with E-state index in [1.807, 2.05) is 24.0 Å². The van der Waals surface area contributed by atoms with Crippen molar-refractivity contribution in [1.29, 1.82) is 0 Å². The molecule has 1 saturated heterocycles. The van der Waals surface area contributed by atoms with Crippen molar-refractivity contribution in [3.05, 3.63) is 44.9 Å². The topological polar surface area (TPSA) is 42.4 Å². The van der Waals surface area contributed by atoms with E-state index in [4.69, 9.17) is 16.3 Å². The lowest BCUT2D eigenvalue weighted by atomic mass is 10.0. The zero-order chi connectivity index (χ0) is 17.1. The largest absolute Gasteiger partial charge is 0.486 e. The van der Waals surface area contributed by atoms with Gasteiger partial charge in [-0.2, -0.15) is 0 Å². The highest BCUT2D eigenvalue weighted by Gasteiger charge is 2.25. The Kier molecular flexibility index (Phi) is 5.41. The molecule has 1 atom stereocenters. The molecule has 6 heteroatoms. The van der Waals surface area contributed by atoms with Crippen molar-refractivity contribution in [3.8, 4) is 5.75 Å². The first-order chi connectivity index (χ1) is 11.5. The zero-order valence-corrected chi connectivity index (χ0v) is 15.5. The van der Waals surface area contributed by atoms with Crippen LogP contribution in [-0.4, -0.2) is 28.9 Å². The number of hydrogen-bond donors (Lipinski definition) is 0. The van der Waals surface area contributed by atoms with Gasteiger partial charge < -0.3 is 9.64 Å². The minimum absolute atomic E-state index is 0.106. The third-order valence-corrected chi connectivity index (χ3v) is 5.53. The predicted molar refractivity (Wildman–Crippen MR) is 96.9 cm³/mol. The fourth-order valence-electron chi connectivity index (χ4n) is 2.91. The fraction of sp³-hybridized carbons (Fsp3) is 0.444. The van der Waals surface area contributed by atoms with Crippen LogP contribution in [0.1, 0.15) is 40.1 Å². The van der Waals surface area contributed by atoms with Gasteiger partial charge in [0.2, 0.25) is 0 Å². The molecule has 4 nitrogen and oxygen atoms in total. The summed E-state index contributed by atoms with van der Waals surface area (Å²) in [5, 5.41) is 1.49. The Balaban J connectivity index is 1.66. The van der Waals surface area contributed by atoms with Crippen LogP contribution < -0.4 is 4.74 Å². The maximum absolute atomic E-state index is 12.7. The maximum Gasteiger partial charge on any atom is 0.265 e. The molecule has 1 amide bonds. The first-order valence-electron chi connectivity index (χ1n) is 8.17. The van der Waals surface area contributed by atoms with Crippen molar-refractivity contribution >= 4 is 28.8 Å². The van der Waals surface area contributed by atoms with Crippen molar-refractivity contribution in [2.75, 3.05) is 13.1 Å². The second-order valence-electron chi connectivity index (χ2n) is 6.26. The number of rotatable bonds is 4. The summed E-state index contributed by atoms with van der Waals surface area (Å²) in [5.74, 6) is 1.42. The Morgan fingerprint density at radius 3 is 2.88 bits per heavy atom. The van der Waals surface area contributed by atoms with Crippen molar-refractivity contribution in [1.82, 2.24) is 9.88 Å². The highest BCUT2D eigenvalue weighted by molar-refractivity contribution is 7.13. The summed E-state index contributed by atoms with van der Waals surface area (Å²) in [6, 6.07) is 7.22. The summed E-state index contributed by atoms with van der Waals surface area (Å²) in [4.78, 5) is 19.9. The Bertz CT molecular complexity index is 714. The van der Waals surface area contributed by atoms with Crippen LogP contribution in [-0.2, 0) is 6.61 Å². The van der Waals surface area contributed by atoms with Crippen LogP contribution in [0.2, 0.25) is 5.02 Å². The number of carbonyl (C=O) groups is 1. The molecular formula is C18H21ClN2O2S. The summed E-state index contributed by atoms with van der Waals surface area (Å²) < 4.78 is 5.72. The van der Waals surface area contributed by atoms with Gasteiger partial charge in [0.1, 0.15) is 22.2 Å². The number of amides is 1. The molecule has 2 heterocycles. The van der Waals surface area contributed by atoms with Gasteiger partial charge in [0.25, 0.3) is 5.91 Å². The Labute approximate surface area is 151 Å². The fourth-order valence-corrected chi connectivity index (χ4v) is 3.98. The molecule has 1 aliphatic heterocycles. The predicted octanol–water partition coefficient (Wildman–Crippen LogP) is 4.56. The minimum Gasteiger partial charge on any atom is -0.486 e. The number of halogens is 1. The Morgan fingerprint density at radius 2 is 2.17 bits per heavy atom. The van der Waals surface area contributed by atoms with Gasteiger partial charge in [0, 0.05) is 18.1 Å². The average Bonchev–Trinajstić information content (AvgIpc) is 2.94. The number of benzene rings is 1. The molecule has 2 aromatic rings. The molecule has 24 heavy (non-hydrogen) atoms. The van der Waals surface area contributed by atoms with Gasteiger partial charge in [0.15, 0.2) is 0 Å². The van der Waals surface area contributed by atoms with Crippen LogP contribution in [0.4, 0.5) is 0 Å². The lowest BCUT2D eigenvalue weighted by Crippen LogP contribution is -2.39. The van der Waals surface area contributed by atoms with Crippen molar-refractivity contribution in [2.45, 2.75) is 33.3 Å². The van der Waals surface area contributed by atoms with E-state index in [0.29, 0.717) is 17.5 Å². The molecule has 128 valence electrons. The SMILES string of the molecule is Cc1nc(COc2ccc(Cl)cc2)sc1C(=O)N1CCCC(C)C1. The second-order valence-corrected chi connectivity index (χ2v) is 7.78. The van der Waals surface area contributed by atoms with Gasteiger partial charge in [-0.15, -0.1) is 11.3 Å². The Morgan fingerprint density at radius 1 is 1.42 bits per heavy atom. The minimum atomic E-state index is 0.106. The highest BCUT2D eigenvalue weighted by atomic mass is 35.5. The molecule has 0 saturated carbocycles. The van der Waals surface area contributed by atoms with Crippen LogP contribution in [0.3, 0.4) is 0 Å². The van der Waals surface area contributed by atoms with Gasteiger partial charge in [-0.05, 0) is 49.9 Å². The van der Waals surface area contributed by atoms with Crippen molar-refractivity contribution in [3.63, 3.8) is 0 Å². The third-order valence-electron chi connectivity index (χ3n) is 4.16. The number of carbonyl (C=O) groups excluding carboxylic acids is 1. The third kappa shape index (κ3) is 4.08. The second kappa shape index (κ2) is 7.53. The molecule has 1 aliphatic rings. The molecule has 0 N–H and O–H groups in total. The molecule has 0 radical (unpaired) electrons. The highest BCUT2D eigenvalue weighted by Crippen LogP contribution is 2.25. The number of thiazole rings is 1. The Hall–Kier alpha value is -1.59. The molecule has 1 fully saturated rings. The van der Waals surface area contributed by atoms with E-state index >= 15 is 0 Å². The van der Waals surface area contributed by atoms with E-state index in [9.17, 15) is 4.79 Å². The number of likely N-dealkylation sites (tertiary alicyclic amines) is 1. The van der Waals surface area contributed by atoms with E-state index in [-0.39, 0.29) is 5.91 Å². The zero-order valence-electron chi connectivity index (χ0n) is 13.9. The number of piperidine rings is 1. The van der Waals surface area contributed by atoms with Gasteiger partial charge >= 0.3 is 0 Å². The number of hydrogen-bond acceptors (Lipinski definition) is 4. The molecular weight excluding hydrogens is 344 g/mol. The summed E-state index contributed by atoms with van der Waals surface area (Å²) >= 11 is 7.30. The van der Waals surface area contributed by atoms with Crippen LogP contribution >= 0.6 is 22.9 Å². The van der Waals surface area contributed by atoms with Crippen LogP contribution in [0.25, 0.3) is 0 Å². The van der Waals surface area contributed by atoms with E-state index in [1.54, 1.807) is 12.1 Å². The molecule has 1 aromatic heterocycles. The van der Waals surface area contributed by atoms with E-state index in [0.717, 1.165) is 40.8 Å². The smallest absolute Gasteiger partial charge is 0.265 e. The van der Waals surface area contributed by atoms with E-state index in [1.165, 1.54) is 17.8 Å². The number of ether oxygens (including phenoxy) is 1. The summed E-state index contributed by atoms with van der Waals surface area (Å²) in [6.07, 6.45) is 2.28. The van der Waals surface area contributed by atoms with Crippen molar-refractivity contribution < 1.29 is 9.53 Å². The lowest BCUT2D eigenvalue weighted by molar-refractivity contribution is 0.0687. The first kappa shape index (κ1) is 17.2. The van der Waals surface area contributed by atoms with Gasteiger partial charge in [-0.3, -0.25) is 4.79 Å². The summed E-state index contributed by atoms with van der Waals surface area (Å²) in [7, 11) is 0. The van der Waals surface area contributed by atoms with Crippen LogP contribution in [0, 0.1) is 12.8 Å². The lowest BCUT2D eigenvalue weighted by Gasteiger charge is -2.30. The average molecular weight is 365 g/mol. The van der Waals surface area contributed by atoms with Crippen molar-refractivity contribution in [2.24, 2.45) is 5.92 Å². The van der Waals surface area contributed by atoms with E-state index < -0.39 is 0 Å². The molecule has 1 unspecified atom stereocenters. The van der Waals surface area contributed by atoms with Gasteiger partial charge in [-0.1, -0.05) is 18.5 Å². The van der Waals surface area contributed by atoms with Gasteiger partial charge in [0.05, 0.1) is 5.69 Å². The monoisotopic (exact) mass is 364 g/mol. The standard InChI is InChI=1S/C18H21ClN2O2S/c1-12-4-3-9-21(10-12)18(22)17-13(2)20-16(24-17)11-23-15-7-5-14(19)6-8-15/h5-8,12H,3-4,9-11H2,1-2H3. The normalized spacial score (nSPS) is 17.8. The quantitative estimate of drug-likeness (QED) is 0.798. The van der Waals surface area contributed by atoms with Crippen LogP contribution in [0.5, 0.6) is 5.75 Å². The molecule has 3 rings (SSSR count).